The van der Waals surface area contributed by atoms with Crippen molar-refractivity contribution in [1.29, 1.82) is 0 Å². The summed E-state index contributed by atoms with van der Waals surface area (Å²) < 4.78 is 1.84. The van der Waals surface area contributed by atoms with Crippen molar-refractivity contribution in [3.05, 3.63) is 23.5 Å². The van der Waals surface area contributed by atoms with E-state index in [9.17, 15) is 4.79 Å². The predicted octanol–water partition coefficient (Wildman–Crippen LogP) is 1.34. The van der Waals surface area contributed by atoms with Crippen LogP contribution in [0.1, 0.15) is 63.3 Å². The molecular weight excluding hydrogens is 404 g/mol. The Morgan fingerprint density at radius 3 is 2.84 bits per heavy atom. The van der Waals surface area contributed by atoms with Crippen LogP contribution in [0.25, 0.3) is 5.65 Å². The van der Waals surface area contributed by atoms with Crippen LogP contribution in [0.3, 0.4) is 0 Å². The molecule has 4 heterocycles. The molecule has 2 aliphatic heterocycles. The van der Waals surface area contributed by atoms with Crippen molar-refractivity contribution in [2.24, 2.45) is 11.5 Å². The third-order valence-corrected chi connectivity index (χ3v) is 6.75. The summed E-state index contributed by atoms with van der Waals surface area (Å²) in [5, 5.41) is 8.17. The molecule has 9 nitrogen and oxygen atoms in total. The molecule has 4 rings (SSSR count). The predicted molar refractivity (Wildman–Crippen MR) is 127 cm³/mol. The number of carbonyl (C=O) groups excluding carboxylic acids is 1. The maximum Gasteiger partial charge on any atom is 0.240 e. The van der Waals surface area contributed by atoms with Gasteiger partial charge in [-0.3, -0.25) is 4.79 Å². The van der Waals surface area contributed by atoms with Crippen molar-refractivity contribution in [1.82, 2.24) is 24.8 Å². The standard InChI is InChI=1S/C23H38N8O/c1-4-26-16(3)11-18(25)23(32)30-9-6-5-7-20(30)19-12-21-27-22(15(2)13-31(21)28-19)29-10-8-17(24)14-29/h12-13,16-18,20,26H,4-11,14,24-25H2,1-3H3/t16?,17-,18?,20-/m0/s1. The van der Waals surface area contributed by atoms with Crippen LogP contribution in [0.15, 0.2) is 12.3 Å². The van der Waals surface area contributed by atoms with Gasteiger partial charge in [-0.1, -0.05) is 6.92 Å². The lowest BCUT2D eigenvalue weighted by atomic mass is 9.97. The van der Waals surface area contributed by atoms with E-state index in [1.54, 1.807) is 0 Å². The summed E-state index contributed by atoms with van der Waals surface area (Å²) in [5.41, 5.74) is 15.2. The van der Waals surface area contributed by atoms with Gasteiger partial charge in [-0.15, -0.1) is 0 Å². The molecule has 5 N–H and O–H groups in total. The van der Waals surface area contributed by atoms with E-state index in [1.807, 2.05) is 21.7 Å². The van der Waals surface area contributed by atoms with Crippen LogP contribution in [0, 0.1) is 6.92 Å². The van der Waals surface area contributed by atoms with Gasteiger partial charge in [0.05, 0.1) is 17.8 Å². The Labute approximate surface area is 190 Å². The zero-order valence-corrected chi connectivity index (χ0v) is 19.6. The Morgan fingerprint density at radius 2 is 2.12 bits per heavy atom. The van der Waals surface area contributed by atoms with Crippen LogP contribution in [0.4, 0.5) is 5.82 Å². The Morgan fingerprint density at radius 1 is 1.31 bits per heavy atom. The quantitative estimate of drug-likeness (QED) is 0.592. The highest BCUT2D eigenvalue weighted by atomic mass is 16.2. The van der Waals surface area contributed by atoms with Gasteiger partial charge >= 0.3 is 0 Å². The first kappa shape index (κ1) is 22.9. The van der Waals surface area contributed by atoms with Crippen LogP contribution in [-0.2, 0) is 4.79 Å². The number of rotatable bonds is 7. The number of hydrogen-bond acceptors (Lipinski definition) is 7. The SMILES string of the molecule is CCNC(C)CC(N)C(=O)N1CCCC[C@H]1c1cc2nc(N3CC[C@H](N)C3)c(C)cn2n1. The van der Waals surface area contributed by atoms with E-state index in [2.05, 4.69) is 31.0 Å². The van der Waals surface area contributed by atoms with Crippen molar-refractivity contribution in [2.45, 2.75) is 77.0 Å². The minimum Gasteiger partial charge on any atom is -0.355 e. The van der Waals surface area contributed by atoms with Gasteiger partial charge < -0.3 is 26.6 Å². The third-order valence-electron chi connectivity index (χ3n) is 6.75. The number of nitrogens with two attached hydrogens (primary N) is 2. The number of piperidine rings is 1. The maximum absolute atomic E-state index is 13.3. The van der Waals surface area contributed by atoms with E-state index < -0.39 is 6.04 Å². The van der Waals surface area contributed by atoms with Crippen LogP contribution < -0.4 is 21.7 Å². The van der Waals surface area contributed by atoms with Gasteiger partial charge in [0.1, 0.15) is 5.82 Å². The van der Waals surface area contributed by atoms with Crippen LogP contribution >= 0.6 is 0 Å². The second kappa shape index (κ2) is 9.72. The molecular formula is C23H38N8O. The fraction of sp³-hybridized carbons (Fsp3) is 0.696. The van der Waals surface area contributed by atoms with Gasteiger partial charge in [0.25, 0.3) is 0 Å². The van der Waals surface area contributed by atoms with E-state index in [0.717, 1.165) is 74.6 Å². The second-order valence-corrected chi connectivity index (χ2v) is 9.46. The number of carbonyl (C=O) groups is 1. The van der Waals surface area contributed by atoms with Crippen LogP contribution in [0.5, 0.6) is 0 Å². The lowest BCUT2D eigenvalue weighted by molar-refractivity contribution is -0.136. The molecule has 176 valence electrons. The first-order valence-corrected chi connectivity index (χ1v) is 12.0. The Kier molecular flexibility index (Phi) is 6.97. The lowest BCUT2D eigenvalue weighted by Gasteiger charge is -2.36. The van der Waals surface area contributed by atoms with Crippen molar-refractivity contribution >= 4 is 17.4 Å². The first-order chi connectivity index (χ1) is 15.4. The maximum atomic E-state index is 13.3. The molecule has 2 saturated heterocycles. The molecule has 0 bridgehead atoms. The molecule has 0 saturated carbocycles. The average Bonchev–Trinajstić information content (AvgIpc) is 3.38. The van der Waals surface area contributed by atoms with Gasteiger partial charge in [-0.2, -0.15) is 5.10 Å². The van der Waals surface area contributed by atoms with Crippen molar-refractivity contribution in [3.63, 3.8) is 0 Å². The summed E-state index contributed by atoms with van der Waals surface area (Å²) in [4.78, 5) is 22.4. The van der Waals surface area contributed by atoms with E-state index in [0.29, 0.717) is 6.42 Å². The Balaban J connectivity index is 1.56. The van der Waals surface area contributed by atoms with E-state index >= 15 is 0 Å². The van der Waals surface area contributed by atoms with Gasteiger partial charge in [0.15, 0.2) is 5.65 Å². The molecule has 0 radical (unpaired) electrons. The molecule has 9 heteroatoms. The van der Waals surface area contributed by atoms with Crippen molar-refractivity contribution in [3.8, 4) is 0 Å². The normalized spacial score (nSPS) is 23.7. The summed E-state index contributed by atoms with van der Waals surface area (Å²) in [5.74, 6) is 1.00. The number of amides is 1. The van der Waals surface area contributed by atoms with Gasteiger partial charge in [0, 0.05) is 49.5 Å². The molecule has 2 unspecified atom stereocenters. The van der Waals surface area contributed by atoms with Crippen LogP contribution in [0.2, 0.25) is 0 Å². The zero-order chi connectivity index (χ0) is 22.8. The number of aromatic nitrogens is 3. The molecule has 0 aromatic carbocycles. The van der Waals surface area contributed by atoms with Gasteiger partial charge in [-0.05, 0) is 52.5 Å². The molecule has 2 aromatic heterocycles. The summed E-state index contributed by atoms with van der Waals surface area (Å²) >= 11 is 0. The summed E-state index contributed by atoms with van der Waals surface area (Å²) in [6.45, 7) is 9.56. The molecule has 0 spiro atoms. The molecule has 4 atom stereocenters. The van der Waals surface area contributed by atoms with Gasteiger partial charge in [-0.25, -0.2) is 9.50 Å². The number of hydrogen-bond donors (Lipinski definition) is 3. The largest absolute Gasteiger partial charge is 0.355 e. The van der Waals surface area contributed by atoms with E-state index in [4.69, 9.17) is 21.5 Å². The molecule has 1 amide bonds. The number of nitrogens with zero attached hydrogens (tertiary/aromatic N) is 5. The second-order valence-electron chi connectivity index (χ2n) is 9.46. The highest BCUT2D eigenvalue weighted by molar-refractivity contribution is 5.82. The fourth-order valence-corrected chi connectivity index (χ4v) is 5.11. The van der Waals surface area contributed by atoms with Crippen LogP contribution in [-0.4, -0.2) is 69.7 Å². The molecule has 2 fully saturated rings. The van der Waals surface area contributed by atoms with Gasteiger partial charge in [0.2, 0.25) is 5.91 Å². The molecule has 32 heavy (non-hydrogen) atoms. The number of anilines is 1. The summed E-state index contributed by atoms with van der Waals surface area (Å²) in [6, 6.07) is 1.88. The third kappa shape index (κ3) is 4.74. The Bertz CT molecular complexity index is 943. The smallest absolute Gasteiger partial charge is 0.240 e. The average molecular weight is 443 g/mol. The Hall–Kier alpha value is -2.23. The summed E-state index contributed by atoms with van der Waals surface area (Å²) in [7, 11) is 0. The van der Waals surface area contributed by atoms with Crippen molar-refractivity contribution in [2.75, 3.05) is 31.1 Å². The highest BCUT2D eigenvalue weighted by Crippen LogP contribution is 2.32. The van der Waals surface area contributed by atoms with E-state index in [-0.39, 0.29) is 24.0 Å². The lowest BCUT2D eigenvalue weighted by Crippen LogP contribution is -2.49. The monoisotopic (exact) mass is 442 g/mol. The summed E-state index contributed by atoms with van der Waals surface area (Å²) in [6.07, 6.45) is 6.63. The number of likely N-dealkylation sites (tertiary alicyclic amines) is 1. The topological polar surface area (TPSA) is 118 Å². The number of aryl methyl sites for hydroxylation is 1. The van der Waals surface area contributed by atoms with E-state index in [1.165, 1.54) is 0 Å². The molecule has 2 aromatic rings. The number of nitrogens with one attached hydrogen (secondary N) is 1. The first-order valence-electron chi connectivity index (χ1n) is 12.0. The number of fused-ring (bicyclic) bond motifs is 1. The molecule has 0 aliphatic carbocycles. The molecule has 2 aliphatic rings. The minimum absolute atomic E-state index is 0.0207. The van der Waals surface area contributed by atoms with Crippen molar-refractivity contribution < 1.29 is 4.79 Å². The minimum atomic E-state index is -0.506. The fourth-order valence-electron chi connectivity index (χ4n) is 5.11. The highest BCUT2D eigenvalue weighted by Gasteiger charge is 2.33. The zero-order valence-electron chi connectivity index (χ0n) is 19.6.